The Bertz CT molecular complexity index is 616. The van der Waals surface area contributed by atoms with Crippen molar-refractivity contribution in [1.29, 1.82) is 0 Å². The van der Waals surface area contributed by atoms with Crippen LogP contribution in [0.2, 0.25) is 0 Å². The van der Waals surface area contributed by atoms with E-state index in [2.05, 4.69) is 12.2 Å². The van der Waals surface area contributed by atoms with Gasteiger partial charge in [0.05, 0.1) is 5.69 Å². The number of nitrogen functional groups attached to an aromatic ring is 1. The summed E-state index contributed by atoms with van der Waals surface area (Å²) in [4.78, 5) is 12.9. The fraction of sp³-hybridized carbons (Fsp3) is 0.400. The van der Waals surface area contributed by atoms with Gasteiger partial charge in [0.2, 0.25) is 0 Å². The molecule has 1 aromatic carbocycles. The Labute approximate surface area is 116 Å². The van der Waals surface area contributed by atoms with Gasteiger partial charge in [-0.3, -0.25) is 4.79 Å². The smallest absolute Gasteiger partial charge is 0.263 e. The van der Waals surface area contributed by atoms with E-state index < -0.39 is 0 Å². The number of rotatable bonds is 4. The van der Waals surface area contributed by atoms with Crippen LogP contribution in [0.25, 0.3) is 10.1 Å². The van der Waals surface area contributed by atoms with Crippen molar-refractivity contribution in [3.63, 3.8) is 0 Å². The molecule has 3 N–H and O–H groups in total. The van der Waals surface area contributed by atoms with Gasteiger partial charge < -0.3 is 11.1 Å². The molecule has 19 heavy (non-hydrogen) atoms. The first-order chi connectivity index (χ1) is 9.15. The Morgan fingerprint density at radius 3 is 2.89 bits per heavy atom. The number of nitrogens with two attached hydrogens (primary N) is 1. The van der Waals surface area contributed by atoms with Crippen molar-refractivity contribution < 1.29 is 4.79 Å². The summed E-state index contributed by atoms with van der Waals surface area (Å²) in [7, 11) is 0. The molecule has 1 aliphatic carbocycles. The summed E-state index contributed by atoms with van der Waals surface area (Å²) in [5.74, 6) is 0.780. The molecule has 0 aliphatic heterocycles. The molecule has 1 fully saturated rings. The van der Waals surface area contributed by atoms with Crippen LogP contribution in [0.3, 0.4) is 0 Å². The fourth-order valence-corrected chi connectivity index (χ4v) is 3.46. The lowest BCUT2D eigenvalue weighted by Gasteiger charge is -2.12. The third-order valence-corrected chi connectivity index (χ3v) is 4.79. The zero-order valence-corrected chi connectivity index (χ0v) is 11.8. The molecule has 1 saturated carbocycles. The summed E-state index contributed by atoms with van der Waals surface area (Å²) in [5.41, 5.74) is 6.69. The standard InChI is InChI=1S/C15H18N2OS/c1-9(8-10-6-7-10)17-15(18)14-13(16)11-4-2-3-5-12(11)19-14/h2-5,9-10H,6-8,16H2,1H3,(H,17,18). The van der Waals surface area contributed by atoms with Crippen molar-refractivity contribution in [3.8, 4) is 0 Å². The van der Waals surface area contributed by atoms with Gasteiger partial charge in [-0.2, -0.15) is 0 Å². The van der Waals surface area contributed by atoms with Crippen molar-refractivity contribution >= 4 is 33.0 Å². The van der Waals surface area contributed by atoms with Crippen LogP contribution in [0.15, 0.2) is 24.3 Å². The van der Waals surface area contributed by atoms with Crippen LogP contribution in [0, 0.1) is 5.92 Å². The first-order valence-corrected chi connectivity index (χ1v) is 7.54. The van der Waals surface area contributed by atoms with Gasteiger partial charge in [0.15, 0.2) is 0 Å². The summed E-state index contributed by atoms with van der Waals surface area (Å²) in [6.07, 6.45) is 3.70. The maximum atomic E-state index is 12.3. The normalized spacial score (nSPS) is 16.5. The summed E-state index contributed by atoms with van der Waals surface area (Å²) < 4.78 is 1.07. The average Bonchev–Trinajstić information content (AvgIpc) is 3.12. The predicted octanol–water partition coefficient (Wildman–Crippen LogP) is 3.40. The van der Waals surface area contributed by atoms with E-state index in [1.54, 1.807) is 0 Å². The predicted molar refractivity (Wildman–Crippen MR) is 80.5 cm³/mol. The highest BCUT2D eigenvalue weighted by Gasteiger charge is 2.25. The molecule has 3 rings (SSSR count). The molecule has 1 amide bonds. The van der Waals surface area contributed by atoms with Crippen LogP contribution in [0.4, 0.5) is 5.69 Å². The monoisotopic (exact) mass is 274 g/mol. The van der Waals surface area contributed by atoms with Gasteiger partial charge in [0.1, 0.15) is 4.88 Å². The maximum Gasteiger partial charge on any atom is 0.263 e. The van der Waals surface area contributed by atoms with E-state index in [9.17, 15) is 4.79 Å². The number of fused-ring (bicyclic) bond motifs is 1. The molecule has 1 unspecified atom stereocenters. The molecule has 0 saturated heterocycles. The molecule has 1 atom stereocenters. The summed E-state index contributed by atoms with van der Waals surface area (Å²) in [5, 5.41) is 4.04. The molecule has 1 heterocycles. The first kappa shape index (κ1) is 12.5. The number of carbonyl (C=O) groups is 1. The number of amides is 1. The highest BCUT2D eigenvalue weighted by Crippen LogP contribution is 2.35. The van der Waals surface area contributed by atoms with Crippen LogP contribution in [-0.4, -0.2) is 11.9 Å². The second-order valence-corrected chi connectivity index (χ2v) is 6.45. The van der Waals surface area contributed by atoms with Crippen molar-refractivity contribution in [2.45, 2.75) is 32.2 Å². The molecule has 3 nitrogen and oxygen atoms in total. The SMILES string of the molecule is CC(CC1CC1)NC(=O)c1sc2ccccc2c1N. The van der Waals surface area contributed by atoms with Gasteiger partial charge in [-0.15, -0.1) is 11.3 Å². The number of benzene rings is 1. The van der Waals surface area contributed by atoms with E-state index in [1.165, 1.54) is 24.2 Å². The number of carbonyl (C=O) groups excluding carboxylic acids is 1. The highest BCUT2D eigenvalue weighted by atomic mass is 32.1. The largest absolute Gasteiger partial charge is 0.397 e. The Morgan fingerprint density at radius 1 is 1.47 bits per heavy atom. The average molecular weight is 274 g/mol. The van der Waals surface area contributed by atoms with E-state index in [4.69, 9.17) is 5.73 Å². The van der Waals surface area contributed by atoms with Gasteiger partial charge in [0, 0.05) is 16.1 Å². The summed E-state index contributed by atoms with van der Waals surface area (Å²) in [6.45, 7) is 2.07. The number of anilines is 1. The first-order valence-electron chi connectivity index (χ1n) is 6.73. The number of hydrogen-bond donors (Lipinski definition) is 2. The van der Waals surface area contributed by atoms with Crippen molar-refractivity contribution in [2.75, 3.05) is 5.73 Å². The Kier molecular flexibility index (Phi) is 3.19. The molecular formula is C15H18N2OS. The molecule has 1 aromatic heterocycles. The minimum Gasteiger partial charge on any atom is -0.397 e. The van der Waals surface area contributed by atoms with Gasteiger partial charge >= 0.3 is 0 Å². The van der Waals surface area contributed by atoms with Crippen molar-refractivity contribution in [1.82, 2.24) is 5.32 Å². The molecule has 0 spiro atoms. The minimum atomic E-state index is -0.0353. The van der Waals surface area contributed by atoms with Crippen LogP contribution in [-0.2, 0) is 0 Å². The number of nitrogens with one attached hydrogen (secondary N) is 1. The quantitative estimate of drug-likeness (QED) is 0.897. The third-order valence-electron chi connectivity index (χ3n) is 3.60. The van der Waals surface area contributed by atoms with Crippen molar-refractivity contribution in [2.24, 2.45) is 5.92 Å². The second-order valence-electron chi connectivity index (χ2n) is 5.39. The van der Waals surface area contributed by atoms with E-state index in [1.807, 2.05) is 24.3 Å². The summed E-state index contributed by atoms with van der Waals surface area (Å²) in [6, 6.07) is 8.11. The second kappa shape index (κ2) is 4.85. The fourth-order valence-electron chi connectivity index (χ4n) is 2.44. The number of thiophene rings is 1. The molecule has 0 bridgehead atoms. The maximum absolute atomic E-state index is 12.3. The molecule has 1 aliphatic rings. The van der Waals surface area contributed by atoms with E-state index in [0.29, 0.717) is 10.6 Å². The van der Waals surface area contributed by atoms with Gasteiger partial charge in [-0.05, 0) is 25.3 Å². The van der Waals surface area contributed by atoms with E-state index in [-0.39, 0.29) is 11.9 Å². The topological polar surface area (TPSA) is 55.1 Å². The highest BCUT2D eigenvalue weighted by molar-refractivity contribution is 7.21. The lowest BCUT2D eigenvalue weighted by molar-refractivity contribution is 0.0942. The van der Waals surface area contributed by atoms with Crippen LogP contribution in [0.1, 0.15) is 35.9 Å². The Balaban J connectivity index is 1.78. The summed E-state index contributed by atoms with van der Waals surface area (Å²) >= 11 is 1.47. The van der Waals surface area contributed by atoms with Crippen LogP contribution < -0.4 is 11.1 Å². The molecule has 2 aromatic rings. The van der Waals surface area contributed by atoms with Crippen LogP contribution >= 0.6 is 11.3 Å². The lowest BCUT2D eigenvalue weighted by atomic mass is 10.1. The van der Waals surface area contributed by atoms with Gasteiger partial charge in [-0.25, -0.2) is 0 Å². The minimum absolute atomic E-state index is 0.0353. The molecule has 100 valence electrons. The number of hydrogen-bond acceptors (Lipinski definition) is 3. The Hall–Kier alpha value is -1.55. The van der Waals surface area contributed by atoms with Crippen molar-refractivity contribution in [3.05, 3.63) is 29.1 Å². The lowest BCUT2D eigenvalue weighted by Crippen LogP contribution is -2.32. The van der Waals surface area contributed by atoms with Crippen LogP contribution in [0.5, 0.6) is 0 Å². The molecular weight excluding hydrogens is 256 g/mol. The van der Waals surface area contributed by atoms with E-state index >= 15 is 0 Å². The molecule has 0 radical (unpaired) electrons. The zero-order valence-electron chi connectivity index (χ0n) is 11.0. The van der Waals surface area contributed by atoms with Gasteiger partial charge in [0.25, 0.3) is 5.91 Å². The molecule has 4 heteroatoms. The van der Waals surface area contributed by atoms with E-state index in [0.717, 1.165) is 22.4 Å². The van der Waals surface area contributed by atoms with Gasteiger partial charge in [-0.1, -0.05) is 31.0 Å². The zero-order chi connectivity index (χ0) is 13.4. The third kappa shape index (κ3) is 2.59. The Morgan fingerprint density at radius 2 is 2.21 bits per heavy atom.